The van der Waals surface area contributed by atoms with Crippen molar-refractivity contribution in [1.29, 1.82) is 0 Å². The Morgan fingerprint density at radius 3 is 2.00 bits per heavy atom. The topological polar surface area (TPSA) is 77.8 Å². The molecule has 0 aliphatic heterocycles. The van der Waals surface area contributed by atoms with Crippen LogP contribution in [0.4, 0.5) is 0 Å². The molecule has 0 spiro atoms. The van der Waals surface area contributed by atoms with Crippen LogP contribution >= 0.6 is 0 Å². The van der Waals surface area contributed by atoms with Crippen molar-refractivity contribution in [2.24, 2.45) is 0 Å². The zero-order chi connectivity index (χ0) is 18.0. The van der Waals surface area contributed by atoms with Crippen molar-refractivity contribution in [2.75, 3.05) is 0 Å². The van der Waals surface area contributed by atoms with Crippen LogP contribution in [-0.4, -0.2) is 33.5 Å². The van der Waals surface area contributed by atoms with Crippen LogP contribution in [0.2, 0.25) is 0 Å². The largest absolute Gasteiger partial charge is 0.481 e. The van der Waals surface area contributed by atoms with Crippen LogP contribution in [-0.2, 0) is 4.79 Å². The molecule has 4 heteroatoms. The van der Waals surface area contributed by atoms with Crippen LogP contribution in [0.25, 0.3) is 0 Å². The summed E-state index contributed by atoms with van der Waals surface area (Å²) in [7, 11) is 0. The summed E-state index contributed by atoms with van der Waals surface area (Å²) in [6, 6.07) is 0. The van der Waals surface area contributed by atoms with E-state index in [0.717, 1.165) is 12.8 Å². The summed E-state index contributed by atoms with van der Waals surface area (Å²) in [5, 5.41) is 28.2. The molecule has 0 aromatic rings. The second-order valence-corrected chi connectivity index (χ2v) is 6.04. The molecule has 0 aromatic carbocycles. The lowest BCUT2D eigenvalue weighted by molar-refractivity contribution is -0.137. The van der Waals surface area contributed by atoms with Crippen LogP contribution in [0, 0.1) is 0 Å². The van der Waals surface area contributed by atoms with Crippen LogP contribution in [0.15, 0.2) is 36.5 Å². The molecular formula is C20H34O4. The summed E-state index contributed by atoms with van der Waals surface area (Å²) in [6.07, 6.45) is 18.4. The first kappa shape index (κ1) is 22.6. The van der Waals surface area contributed by atoms with Gasteiger partial charge in [0.05, 0.1) is 12.2 Å². The highest BCUT2D eigenvalue weighted by atomic mass is 16.4. The third-order valence-electron chi connectivity index (χ3n) is 3.71. The maximum absolute atomic E-state index is 10.3. The molecular weight excluding hydrogens is 304 g/mol. The van der Waals surface area contributed by atoms with E-state index in [2.05, 4.69) is 19.1 Å². The van der Waals surface area contributed by atoms with Crippen molar-refractivity contribution < 1.29 is 20.1 Å². The molecule has 0 rings (SSSR count). The molecule has 0 aliphatic rings. The van der Waals surface area contributed by atoms with Gasteiger partial charge in [-0.2, -0.15) is 0 Å². The number of unbranched alkanes of at least 4 members (excludes halogenated alkanes) is 4. The first-order valence-electron chi connectivity index (χ1n) is 9.10. The van der Waals surface area contributed by atoms with Gasteiger partial charge in [-0.05, 0) is 44.9 Å². The fourth-order valence-corrected chi connectivity index (χ4v) is 2.18. The lowest BCUT2D eigenvalue weighted by atomic mass is 10.1. The molecule has 24 heavy (non-hydrogen) atoms. The monoisotopic (exact) mass is 338 g/mol. The summed E-state index contributed by atoms with van der Waals surface area (Å²) >= 11 is 0. The first-order chi connectivity index (χ1) is 11.6. The van der Waals surface area contributed by atoms with Gasteiger partial charge in [0.2, 0.25) is 0 Å². The van der Waals surface area contributed by atoms with Crippen LogP contribution in [0.5, 0.6) is 0 Å². The van der Waals surface area contributed by atoms with Crippen molar-refractivity contribution in [3.8, 4) is 0 Å². The normalized spacial score (nSPS) is 14.8. The van der Waals surface area contributed by atoms with Gasteiger partial charge in [0.15, 0.2) is 0 Å². The maximum atomic E-state index is 10.3. The predicted octanol–water partition coefficient (Wildman–Crippen LogP) is 4.38. The highest BCUT2D eigenvalue weighted by Crippen LogP contribution is 2.07. The van der Waals surface area contributed by atoms with E-state index in [-0.39, 0.29) is 6.42 Å². The maximum Gasteiger partial charge on any atom is 0.303 e. The van der Waals surface area contributed by atoms with E-state index in [1.165, 1.54) is 19.3 Å². The minimum atomic E-state index is -0.790. The molecule has 0 saturated heterocycles. The van der Waals surface area contributed by atoms with Gasteiger partial charge in [-0.1, -0.05) is 56.2 Å². The van der Waals surface area contributed by atoms with Crippen molar-refractivity contribution in [3.05, 3.63) is 36.5 Å². The van der Waals surface area contributed by atoms with E-state index in [0.29, 0.717) is 25.7 Å². The van der Waals surface area contributed by atoms with Crippen molar-refractivity contribution in [1.82, 2.24) is 0 Å². The van der Waals surface area contributed by atoms with Crippen molar-refractivity contribution in [2.45, 2.75) is 83.3 Å². The Labute approximate surface area is 146 Å². The van der Waals surface area contributed by atoms with E-state index < -0.39 is 18.2 Å². The third kappa shape index (κ3) is 15.5. The molecule has 0 amide bonds. The SMILES string of the molecule is CCCCC/C=C\C/C=C\C[C@@H](O)[C@@H](O)C/C=C\CCCC(=O)O. The minimum Gasteiger partial charge on any atom is -0.481 e. The molecule has 0 aromatic heterocycles. The number of aliphatic hydroxyl groups is 2. The molecule has 2 atom stereocenters. The van der Waals surface area contributed by atoms with E-state index in [1.807, 2.05) is 18.2 Å². The molecule has 0 unspecified atom stereocenters. The van der Waals surface area contributed by atoms with Gasteiger partial charge in [0.25, 0.3) is 0 Å². The summed E-state index contributed by atoms with van der Waals surface area (Å²) in [5.41, 5.74) is 0. The van der Waals surface area contributed by atoms with E-state index in [9.17, 15) is 15.0 Å². The number of hydrogen-bond donors (Lipinski definition) is 3. The molecule has 4 nitrogen and oxygen atoms in total. The number of rotatable bonds is 15. The summed E-state index contributed by atoms with van der Waals surface area (Å²) in [5.74, 6) is -0.790. The molecule has 0 heterocycles. The minimum absolute atomic E-state index is 0.160. The number of carbonyl (C=O) groups is 1. The summed E-state index contributed by atoms with van der Waals surface area (Å²) in [6.45, 7) is 2.20. The fourth-order valence-electron chi connectivity index (χ4n) is 2.18. The van der Waals surface area contributed by atoms with Crippen LogP contribution < -0.4 is 0 Å². The van der Waals surface area contributed by atoms with Gasteiger partial charge in [0.1, 0.15) is 0 Å². The molecule has 0 aliphatic carbocycles. The molecule has 0 bridgehead atoms. The Morgan fingerprint density at radius 1 is 0.833 bits per heavy atom. The second-order valence-electron chi connectivity index (χ2n) is 6.04. The summed E-state index contributed by atoms with van der Waals surface area (Å²) in [4.78, 5) is 10.3. The fraction of sp³-hybridized carbons (Fsp3) is 0.650. The number of carboxylic acids is 1. The lowest BCUT2D eigenvalue weighted by Crippen LogP contribution is -2.24. The van der Waals surface area contributed by atoms with Crippen LogP contribution in [0.1, 0.15) is 71.1 Å². The predicted molar refractivity (Wildman–Crippen MR) is 98.9 cm³/mol. The highest BCUT2D eigenvalue weighted by Gasteiger charge is 2.12. The van der Waals surface area contributed by atoms with Gasteiger partial charge in [-0.15, -0.1) is 0 Å². The number of carboxylic acid groups (broad SMARTS) is 1. The second kappa shape index (κ2) is 16.5. The van der Waals surface area contributed by atoms with Gasteiger partial charge >= 0.3 is 5.97 Å². The zero-order valence-electron chi connectivity index (χ0n) is 14.9. The van der Waals surface area contributed by atoms with Gasteiger partial charge in [-0.25, -0.2) is 0 Å². The quantitative estimate of drug-likeness (QED) is 0.306. The standard InChI is InChI=1S/C20H34O4/c1-2-3-4-5-6-7-8-9-12-15-18(21)19(22)16-13-10-11-14-17-20(23)24/h6-7,9-10,12-13,18-19,21-22H,2-5,8,11,14-17H2,1H3,(H,23,24)/b7-6-,12-9-,13-10-/t18-,19+/m1/s1. The van der Waals surface area contributed by atoms with Gasteiger partial charge in [-0.3, -0.25) is 4.79 Å². The number of aliphatic carboxylic acids is 1. The lowest BCUT2D eigenvalue weighted by Gasteiger charge is -2.14. The van der Waals surface area contributed by atoms with Gasteiger partial charge < -0.3 is 15.3 Å². The van der Waals surface area contributed by atoms with Gasteiger partial charge in [0, 0.05) is 6.42 Å². The zero-order valence-corrected chi connectivity index (χ0v) is 14.9. The van der Waals surface area contributed by atoms with Crippen molar-refractivity contribution in [3.63, 3.8) is 0 Å². The molecule has 3 N–H and O–H groups in total. The number of aliphatic hydroxyl groups excluding tert-OH is 2. The molecule has 0 saturated carbocycles. The Morgan fingerprint density at radius 2 is 1.38 bits per heavy atom. The Bertz CT molecular complexity index is 385. The van der Waals surface area contributed by atoms with E-state index in [1.54, 1.807) is 6.08 Å². The van der Waals surface area contributed by atoms with E-state index >= 15 is 0 Å². The Hall–Kier alpha value is -1.39. The highest BCUT2D eigenvalue weighted by molar-refractivity contribution is 5.66. The number of hydrogen-bond acceptors (Lipinski definition) is 3. The van der Waals surface area contributed by atoms with Crippen LogP contribution in [0.3, 0.4) is 0 Å². The average molecular weight is 338 g/mol. The molecule has 0 fully saturated rings. The Balaban J connectivity index is 3.70. The van der Waals surface area contributed by atoms with E-state index in [4.69, 9.17) is 5.11 Å². The summed E-state index contributed by atoms with van der Waals surface area (Å²) < 4.78 is 0. The molecule has 0 radical (unpaired) electrons. The van der Waals surface area contributed by atoms with Crippen molar-refractivity contribution >= 4 is 5.97 Å². The smallest absolute Gasteiger partial charge is 0.303 e. The Kier molecular flexibility index (Phi) is 15.5. The number of allylic oxidation sites excluding steroid dienone is 4. The average Bonchev–Trinajstić information content (AvgIpc) is 2.55. The first-order valence-corrected chi connectivity index (χ1v) is 9.10. The molecule has 138 valence electrons. The third-order valence-corrected chi connectivity index (χ3v) is 3.71.